The summed E-state index contributed by atoms with van der Waals surface area (Å²) in [6.07, 6.45) is -0.186. The Labute approximate surface area is 188 Å². The lowest BCUT2D eigenvalue weighted by Gasteiger charge is -2.18. The lowest BCUT2D eigenvalue weighted by molar-refractivity contribution is -0.384. The topological polar surface area (TPSA) is 119 Å². The van der Waals surface area contributed by atoms with Gasteiger partial charge >= 0.3 is 5.97 Å². The van der Waals surface area contributed by atoms with Crippen LogP contribution in [0.2, 0.25) is 0 Å². The van der Waals surface area contributed by atoms with Gasteiger partial charge in [0.15, 0.2) is 0 Å². The second kappa shape index (κ2) is 8.96. The average Bonchev–Trinajstić information content (AvgIpc) is 2.81. The van der Waals surface area contributed by atoms with Crippen LogP contribution in [0.1, 0.15) is 15.9 Å². The first-order chi connectivity index (χ1) is 15.9. The number of aliphatic carboxylic acids is 1. The van der Waals surface area contributed by atoms with Gasteiger partial charge in [-0.05, 0) is 33.7 Å². The van der Waals surface area contributed by atoms with Crippen LogP contribution < -0.4 is 10.1 Å². The SMILES string of the molecule is COc1ccc([N+](=O)[O-])cc1C[C@H](NC(=O)c1c2ccccc2cc2ccccc12)C(=O)O. The van der Waals surface area contributed by atoms with Crippen molar-refractivity contribution in [1.29, 1.82) is 0 Å². The molecule has 1 amide bonds. The van der Waals surface area contributed by atoms with E-state index in [4.69, 9.17) is 4.74 Å². The molecular weight excluding hydrogens is 424 g/mol. The predicted molar refractivity (Wildman–Crippen MR) is 124 cm³/mol. The number of nitrogens with one attached hydrogen (secondary N) is 1. The molecule has 0 saturated carbocycles. The molecule has 0 aliphatic heterocycles. The van der Waals surface area contributed by atoms with Crippen LogP contribution in [0.25, 0.3) is 21.5 Å². The first-order valence-electron chi connectivity index (χ1n) is 10.1. The van der Waals surface area contributed by atoms with Crippen molar-refractivity contribution in [3.8, 4) is 5.75 Å². The molecule has 1 atom stereocenters. The number of ether oxygens (including phenoxy) is 1. The number of benzene rings is 4. The van der Waals surface area contributed by atoms with Crippen molar-refractivity contribution in [2.24, 2.45) is 0 Å². The number of fused-ring (bicyclic) bond motifs is 2. The van der Waals surface area contributed by atoms with Gasteiger partial charge in [-0.1, -0.05) is 48.5 Å². The lowest BCUT2D eigenvalue weighted by atomic mass is 9.95. The van der Waals surface area contributed by atoms with Gasteiger partial charge in [-0.2, -0.15) is 0 Å². The summed E-state index contributed by atoms with van der Waals surface area (Å²) in [4.78, 5) is 36.0. The molecule has 0 aliphatic rings. The number of carbonyl (C=O) groups excluding carboxylic acids is 1. The number of carboxylic acids is 1. The number of methoxy groups -OCH3 is 1. The molecule has 0 radical (unpaired) electrons. The summed E-state index contributed by atoms with van der Waals surface area (Å²) in [6.45, 7) is 0. The number of hydrogen-bond donors (Lipinski definition) is 2. The van der Waals surface area contributed by atoms with Crippen molar-refractivity contribution in [1.82, 2.24) is 5.32 Å². The summed E-state index contributed by atoms with van der Waals surface area (Å²) in [7, 11) is 1.39. The van der Waals surface area contributed by atoms with Crippen molar-refractivity contribution in [3.05, 3.63) is 94.0 Å². The van der Waals surface area contributed by atoms with E-state index < -0.39 is 22.8 Å². The van der Waals surface area contributed by atoms with Gasteiger partial charge in [-0.15, -0.1) is 0 Å². The minimum Gasteiger partial charge on any atom is -0.496 e. The largest absolute Gasteiger partial charge is 0.496 e. The minimum atomic E-state index is -1.33. The molecule has 0 saturated heterocycles. The highest BCUT2D eigenvalue weighted by molar-refractivity contribution is 6.18. The second-order valence-electron chi connectivity index (χ2n) is 7.52. The molecule has 33 heavy (non-hydrogen) atoms. The third-order valence-corrected chi connectivity index (χ3v) is 5.50. The van der Waals surface area contributed by atoms with Gasteiger partial charge in [0.05, 0.1) is 17.6 Å². The molecule has 166 valence electrons. The Morgan fingerprint density at radius 1 is 1.00 bits per heavy atom. The highest BCUT2D eigenvalue weighted by Crippen LogP contribution is 2.29. The molecule has 0 bridgehead atoms. The molecule has 0 aliphatic carbocycles. The minimum absolute atomic E-state index is 0.186. The molecule has 8 heteroatoms. The van der Waals surface area contributed by atoms with E-state index in [2.05, 4.69) is 5.32 Å². The first-order valence-corrected chi connectivity index (χ1v) is 10.1. The van der Waals surface area contributed by atoms with E-state index in [0.29, 0.717) is 27.6 Å². The molecular formula is C25H20N2O6. The molecule has 0 unspecified atom stereocenters. The highest BCUT2D eigenvalue weighted by atomic mass is 16.6. The third-order valence-electron chi connectivity index (χ3n) is 5.50. The summed E-state index contributed by atoms with van der Waals surface area (Å²) in [5.74, 6) is -1.50. The van der Waals surface area contributed by atoms with Crippen LogP contribution >= 0.6 is 0 Å². The van der Waals surface area contributed by atoms with E-state index in [1.54, 1.807) is 0 Å². The van der Waals surface area contributed by atoms with E-state index in [1.165, 1.54) is 25.3 Å². The van der Waals surface area contributed by atoms with Crippen molar-refractivity contribution >= 4 is 39.1 Å². The fourth-order valence-electron chi connectivity index (χ4n) is 3.95. The maximum absolute atomic E-state index is 13.4. The summed E-state index contributed by atoms with van der Waals surface area (Å²) in [5, 5.41) is 26.7. The molecule has 8 nitrogen and oxygen atoms in total. The number of carboxylic acid groups (broad SMARTS) is 1. The van der Waals surface area contributed by atoms with Crippen molar-refractivity contribution in [2.45, 2.75) is 12.5 Å². The van der Waals surface area contributed by atoms with Crippen LogP contribution in [0.15, 0.2) is 72.8 Å². The van der Waals surface area contributed by atoms with Crippen LogP contribution in [0.5, 0.6) is 5.75 Å². The Balaban J connectivity index is 1.74. The molecule has 4 aromatic carbocycles. The molecule has 0 heterocycles. The molecule has 4 aromatic rings. The van der Waals surface area contributed by atoms with Crippen LogP contribution in [0.4, 0.5) is 5.69 Å². The Bertz CT molecular complexity index is 1340. The number of hydrogen-bond acceptors (Lipinski definition) is 5. The van der Waals surface area contributed by atoms with Crippen LogP contribution in [0, 0.1) is 10.1 Å². The molecule has 0 spiro atoms. The maximum Gasteiger partial charge on any atom is 0.326 e. The van der Waals surface area contributed by atoms with Crippen molar-refractivity contribution < 1.29 is 24.4 Å². The Kier molecular flexibility index (Phi) is 5.91. The number of nitro benzene ring substituents is 1. The predicted octanol–water partition coefficient (Wildman–Crippen LogP) is 4.34. The van der Waals surface area contributed by atoms with Gasteiger partial charge in [0.2, 0.25) is 0 Å². The highest BCUT2D eigenvalue weighted by Gasteiger charge is 2.25. The molecule has 0 fully saturated rings. The zero-order chi connectivity index (χ0) is 23.5. The summed E-state index contributed by atoms with van der Waals surface area (Å²) in [5.41, 5.74) is 0.490. The lowest BCUT2D eigenvalue weighted by Crippen LogP contribution is -2.42. The fourth-order valence-corrected chi connectivity index (χ4v) is 3.95. The Morgan fingerprint density at radius 2 is 1.61 bits per heavy atom. The summed E-state index contributed by atoms with van der Waals surface area (Å²) in [6, 6.07) is 19.4. The third kappa shape index (κ3) is 4.31. The monoisotopic (exact) mass is 444 g/mol. The quantitative estimate of drug-likeness (QED) is 0.249. The van der Waals surface area contributed by atoms with Gasteiger partial charge in [0, 0.05) is 24.1 Å². The Morgan fingerprint density at radius 3 is 2.15 bits per heavy atom. The number of rotatable bonds is 7. The van der Waals surface area contributed by atoms with E-state index in [0.717, 1.165) is 10.8 Å². The molecule has 2 N–H and O–H groups in total. The smallest absolute Gasteiger partial charge is 0.326 e. The van der Waals surface area contributed by atoms with Crippen LogP contribution in [0.3, 0.4) is 0 Å². The number of non-ortho nitro benzene ring substituents is 1. The zero-order valence-corrected chi connectivity index (χ0v) is 17.6. The first kappa shape index (κ1) is 21.8. The number of nitrogens with zero attached hydrogens (tertiary/aromatic N) is 1. The summed E-state index contributed by atoms with van der Waals surface area (Å²) < 4.78 is 5.24. The van der Waals surface area contributed by atoms with Gasteiger partial charge in [0.1, 0.15) is 11.8 Å². The van der Waals surface area contributed by atoms with Gasteiger partial charge in [-0.3, -0.25) is 14.9 Å². The average molecular weight is 444 g/mol. The van der Waals surface area contributed by atoms with Gasteiger partial charge in [0.25, 0.3) is 11.6 Å². The van der Waals surface area contributed by atoms with Gasteiger partial charge in [-0.25, -0.2) is 4.79 Å². The zero-order valence-electron chi connectivity index (χ0n) is 17.6. The van der Waals surface area contributed by atoms with E-state index >= 15 is 0 Å². The van der Waals surface area contributed by atoms with Gasteiger partial charge < -0.3 is 15.2 Å². The van der Waals surface area contributed by atoms with Crippen molar-refractivity contribution in [3.63, 3.8) is 0 Å². The second-order valence-corrected chi connectivity index (χ2v) is 7.52. The van der Waals surface area contributed by atoms with E-state index in [1.807, 2.05) is 54.6 Å². The number of nitro groups is 1. The standard InChI is InChI=1S/C25H20N2O6/c1-33-22-11-10-18(27(31)32)13-17(22)14-21(25(29)30)26-24(28)23-19-8-4-2-6-15(19)12-16-7-3-5-9-20(16)23/h2-13,21H,14H2,1H3,(H,26,28)(H,29,30)/t21-/m0/s1. The van der Waals surface area contributed by atoms with E-state index in [-0.39, 0.29) is 12.1 Å². The number of amides is 1. The van der Waals surface area contributed by atoms with Crippen molar-refractivity contribution in [2.75, 3.05) is 7.11 Å². The molecule has 4 rings (SSSR count). The molecule has 0 aromatic heterocycles. The Hall–Kier alpha value is -4.46. The maximum atomic E-state index is 13.4. The fraction of sp³-hybridized carbons (Fsp3) is 0.120. The number of carbonyl (C=O) groups is 2. The summed E-state index contributed by atoms with van der Waals surface area (Å²) >= 11 is 0. The van der Waals surface area contributed by atoms with Crippen LogP contribution in [-0.2, 0) is 11.2 Å². The van der Waals surface area contributed by atoms with E-state index in [9.17, 15) is 24.8 Å². The van der Waals surface area contributed by atoms with Crippen LogP contribution in [-0.4, -0.2) is 35.1 Å². The normalized spacial score (nSPS) is 11.8.